The van der Waals surface area contributed by atoms with Crippen LogP contribution in [0.25, 0.3) is 0 Å². The third-order valence-electron chi connectivity index (χ3n) is 6.16. The fraction of sp³-hybridized carbons (Fsp3) is 0.600. The summed E-state index contributed by atoms with van der Waals surface area (Å²) in [4.78, 5) is 32.3. The Kier molecular flexibility index (Phi) is 5.62. The highest BCUT2D eigenvalue weighted by atomic mass is 16.3. The number of amides is 2. The maximum atomic E-state index is 12.4. The van der Waals surface area contributed by atoms with Crippen molar-refractivity contribution in [1.29, 1.82) is 0 Å². The van der Waals surface area contributed by atoms with Crippen LogP contribution in [0.4, 0.5) is 17.1 Å². The number of aliphatic hydroxyl groups excluding tert-OH is 1. The molecule has 2 atom stereocenters. The van der Waals surface area contributed by atoms with Gasteiger partial charge in [-0.2, -0.15) is 0 Å². The van der Waals surface area contributed by atoms with Crippen molar-refractivity contribution in [3.8, 4) is 0 Å². The van der Waals surface area contributed by atoms with E-state index in [1.54, 1.807) is 4.90 Å². The third kappa shape index (κ3) is 3.65. The van der Waals surface area contributed by atoms with Crippen molar-refractivity contribution in [2.24, 2.45) is 5.73 Å². The minimum atomic E-state index is -0.944. The molecule has 158 valence electrons. The fourth-order valence-electron chi connectivity index (χ4n) is 4.57. The first-order valence-electron chi connectivity index (χ1n) is 10.3. The lowest BCUT2D eigenvalue weighted by molar-refractivity contribution is -0.134. The van der Waals surface area contributed by atoms with E-state index >= 15 is 0 Å². The minimum Gasteiger partial charge on any atom is -0.367 e. The predicted octanol–water partition coefficient (Wildman–Crippen LogP) is -0.505. The maximum Gasteiger partial charge on any atom is 0.249 e. The van der Waals surface area contributed by atoms with Crippen molar-refractivity contribution >= 4 is 28.9 Å². The second kappa shape index (κ2) is 8.17. The number of hydrogen-bond acceptors (Lipinski definition) is 8. The standard InChI is InChI=1S/C20H30N6O3/c1-23-18-14(25-12-10-24(11-13-25)9-3-8-21)4-2-5-15(18)26(20(23)29)16-6-7-17(27)22-19(16)28/h2,4-5,16,20,29H,3,6-13,21H2,1H3,(H,22,27,28). The summed E-state index contributed by atoms with van der Waals surface area (Å²) in [5.74, 6) is -0.602. The molecule has 3 aliphatic rings. The highest BCUT2D eigenvalue weighted by Gasteiger charge is 2.43. The molecule has 0 bridgehead atoms. The summed E-state index contributed by atoms with van der Waals surface area (Å²) >= 11 is 0. The van der Waals surface area contributed by atoms with Crippen LogP contribution in [0.1, 0.15) is 19.3 Å². The highest BCUT2D eigenvalue weighted by molar-refractivity contribution is 6.03. The Morgan fingerprint density at radius 1 is 1.17 bits per heavy atom. The number of nitrogens with one attached hydrogen (secondary N) is 1. The van der Waals surface area contributed by atoms with Gasteiger partial charge in [-0.25, -0.2) is 0 Å². The Morgan fingerprint density at radius 2 is 1.90 bits per heavy atom. The first-order chi connectivity index (χ1) is 14.0. The quantitative estimate of drug-likeness (QED) is 0.566. The molecular weight excluding hydrogens is 372 g/mol. The third-order valence-corrected chi connectivity index (χ3v) is 6.16. The number of nitrogens with zero attached hydrogens (tertiary/aromatic N) is 4. The van der Waals surface area contributed by atoms with Crippen LogP contribution in [0, 0.1) is 0 Å². The molecule has 29 heavy (non-hydrogen) atoms. The Labute approximate surface area is 171 Å². The number of piperidine rings is 1. The molecule has 4 rings (SSSR count). The van der Waals surface area contributed by atoms with E-state index in [2.05, 4.69) is 21.2 Å². The molecule has 2 fully saturated rings. The predicted molar refractivity (Wildman–Crippen MR) is 112 cm³/mol. The first kappa shape index (κ1) is 19.9. The number of para-hydroxylation sites is 1. The van der Waals surface area contributed by atoms with Crippen LogP contribution >= 0.6 is 0 Å². The zero-order valence-corrected chi connectivity index (χ0v) is 16.9. The molecule has 0 aliphatic carbocycles. The molecular formula is C20H30N6O3. The van der Waals surface area contributed by atoms with E-state index in [-0.39, 0.29) is 18.2 Å². The van der Waals surface area contributed by atoms with Crippen LogP contribution in [0.2, 0.25) is 0 Å². The number of anilines is 3. The van der Waals surface area contributed by atoms with Gasteiger partial charge in [0, 0.05) is 39.6 Å². The number of carbonyl (C=O) groups is 2. The molecule has 1 aromatic carbocycles. The van der Waals surface area contributed by atoms with E-state index in [1.807, 2.05) is 24.1 Å². The molecule has 3 heterocycles. The van der Waals surface area contributed by atoms with Crippen molar-refractivity contribution in [2.45, 2.75) is 31.7 Å². The van der Waals surface area contributed by atoms with Gasteiger partial charge < -0.3 is 25.5 Å². The van der Waals surface area contributed by atoms with Gasteiger partial charge in [0.2, 0.25) is 18.2 Å². The molecule has 2 unspecified atom stereocenters. The van der Waals surface area contributed by atoms with Crippen LogP contribution in [0.5, 0.6) is 0 Å². The van der Waals surface area contributed by atoms with Crippen molar-refractivity contribution < 1.29 is 14.7 Å². The van der Waals surface area contributed by atoms with Crippen LogP contribution in [0.15, 0.2) is 18.2 Å². The van der Waals surface area contributed by atoms with E-state index in [0.717, 1.165) is 56.2 Å². The Hall–Kier alpha value is -2.36. The molecule has 9 heteroatoms. The molecule has 2 amide bonds. The topological polar surface area (TPSA) is 105 Å². The Balaban J connectivity index is 1.57. The number of nitrogens with two attached hydrogens (primary N) is 1. The van der Waals surface area contributed by atoms with Gasteiger partial charge in [-0.15, -0.1) is 0 Å². The van der Waals surface area contributed by atoms with E-state index in [4.69, 9.17) is 5.73 Å². The van der Waals surface area contributed by atoms with Crippen molar-refractivity contribution in [3.63, 3.8) is 0 Å². The van der Waals surface area contributed by atoms with Crippen LogP contribution in [0.3, 0.4) is 0 Å². The largest absolute Gasteiger partial charge is 0.367 e. The van der Waals surface area contributed by atoms with Gasteiger partial charge in [0.1, 0.15) is 6.04 Å². The zero-order valence-electron chi connectivity index (χ0n) is 16.9. The summed E-state index contributed by atoms with van der Waals surface area (Å²) in [6.45, 7) is 5.51. The lowest BCUT2D eigenvalue weighted by Gasteiger charge is -2.37. The van der Waals surface area contributed by atoms with Gasteiger partial charge in [0.25, 0.3) is 0 Å². The maximum absolute atomic E-state index is 12.4. The molecule has 0 spiro atoms. The lowest BCUT2D eigenvalue weighted by atomic mass is 10.0. The number of aliphatic hydroxyl groups is 1. The number of benzene rings is 1. The number of carbonyl (C=O) groups excluding carboxylic acids is 2. The molecule has 0 aromatic heterocycles. The van der Waals surface area contributed by atoms with Gasteiger partial charge >= 0.3 is 0 Å². The number of rotatable bonds is 5. The second-order valence-electron chi connectivity index (χ2n) is 7.95. The van der Waals surface area contributed by atoms with Crippen molar-refractivity contribution in [2.75, 3.05) is 61.0 Å². The van der Waals surface area contributed by atoms with Gasteiger partial charge in [0.05, 0.1) is 17.1 Å². The lowest BCUT2D eigenvalue weighted by Crippen LogP contribution is -2.56. The average molecular weight is 402 g/mol. The Bertz CT molecular complexity index is 779. The molecule has 1 aromatic rings. The van der Waals surface area contributed by atoms with E-state index < -0.39 is 12.4 Å². The number of piperazine rings is 1. The van der Waals surface area contributed by atoms with Gasteiger partial charge in [-0.3, -0.25) is 19.8 Å². The monoisotopic (exact) mass is 402 g/mol. The van der Waals surface area contributed by atoms with E-state index in [0.29, 0.717) is 13.0 Å². The smallest absolute Gasteiger partial charge is 0.249 e. The summed E-state index contributed by atoms with van der Waals surface area (Å²) in [7, 11) is 1.84. The normalized spacial score (nSPS) is 25.4. The molecule has 4 N–H and O–H groups in total. The summed E-state index contributed by atoms with van der Waals surface area (Å²) < 4.78 is 0. The first-order valence-corrected chi connectivity index (χ1v) is 10.3. The van der Waals surface area contributed by atoms with E-state index in [9.17, 15) is 14.7 Å². The molecule has 0 radical (unpaired) electrons. The van der Waals surface area contributed by atoms with Crippen LogP contribution < -0.4 is 25.8 Å². The van der Waals surface area contributed by atoms with Crippen LogP contribution in [-0.2, 0) is 9.59 Å². The highest BCUT2D eigenvalue weighted by Crippen LogP contribution is 2.46. The summed E-state index contributed by atoms with van der Waals surface area (Å²) in [5.41, 5.74) is 8.46. The number of imide groups is 1. The van der Waals surface area contributed by atoms with Crippen molar-refractivity contribution in [1.82, 2.24) is 10.2 Å². The average Bonchev–Trinajstić information content (AvgIpc) is 2.98. The number of fused-ring (bicyclic) bond motifs is 1. The summed E-state index contributed by atoms with van der Waals surface area (Å²) in [5, 5.41) is 13.3. The SMILES string of the molecule is CN1c2c(N3CCN(CCCN)CC3)cccc2N(C2CCC(=O)NC2=O)C1O. The molecule has 0 saturated carbocycles. The van der Waals surface area contributed by atoms with Crippen LogP contribution in [-0.4, -0.2) is 80.5 Å². The Morgan fingerprint density at radius 3 is 2.59 bits per heavy atom. The van der Waals surface area contributed by atoms with Gasteiger partial charge in [-0.05, 0) is 38.1 Å². The summed E-state index contributed by atoms with van der Waals surface area (Å²) in [6.07, 6.45) is 0.750. The van der Waals surface area contributed by atoms with Crippen molar-refractivity contribution in [3.05, 3.63) is 18.2 Å². The minimum absolute atomic E-state index is 0.255. The van der Waals surface area contributed by atoms with E-state index in [1.165, 1.54) is 0 Å². The summed E-state index contributed by atoms with van der Waals surface area (Å²) in [6, 6.07) is 5.42. The fourth-order valence-corrected chi connectivity index (χ4v) is 4.57. The molecule has 2 saturated heterocycles. The van der Waals surface area contributed by atoms with Gasteiger partial charge in [-0.1, -0.05) is 6.07 Å². The zero-order chi connectivity index (χ0) is 20.5. The molecule has 3 aliphatic heterocycles. The van der Waals surface area contributed by atoms with Gasteiger partial charge in [0.15, 0.2) is 0 Å². The second-order valence-corrected chi connectivity index (χ2v) is 7.95. The number of hydrogen-bond donors (Lipinski definition) is 3. The molecule has 9 nitrogen and oxygen atoms in total.